The molecular weight excluding hydrogens is 180 g/mol. The molecule has 74 valence electrons. The van der Waals surface area contributed by atoms with E-state index in [1.807, 2.05) is 32.1 Å². The van der Waals surface area contributed by atoms with Gasteiger partial charge in [0.05, 0.1) is 11.5 Å². The van der Waals surface area contributed by atoms with Gasteiger partial charge < -0.3 is 5.32 Å². The first-order valence-corrected chi connectivity index (χ1v) is 4.52. The van der Waals surface area contributed by atoms with Gasteiger partial charge in [0, 0.05) is 0 Å². The Morgan fingerprint density at radius 1 is 1.43 bits per heavy atom. The molecule has 2 rings (SSSR count). The molecule has 2 unspecified atom stereocenters. The van der Waals surface area contributed by atoms with Gasteiger partial charge in [-0.2, -0.15) is 0 Å². The Bertz CT molecular complexity index is 370. The van der Waals surface area contributed by atoms with Gasteiger partial charge in [0.2, 0.25) is 5.91 Å². The lowest BCUT2D eigenvalue weighted by Crippen LogP contribution is -2.64. The highest BCUT2D eigenvalue weighted by atomic mass is 16.2. The zero-order valence-corrected chi connectivity index (χ0v) is 8.13. The maximum absolute atomic E-state index is 11.5. The Balaban J connectivity index is 2.39. The average molecular weight is 192 g/mol. The summed E-state index contributed by atoms with van der Waals surface area (Å²) in [6.45, 7) is 3.77. The van der Waals surface area contributed by atoms with Crippen molar-refractivity contribution in [3.63, 3.8) is 0 Å². The number of rotatable bonds is 0. The molecule has 2 atom stereocenters. The molecule has 3 amide bonds. The summed E-state index contributed by atoms with van der Waals surface area (Å²) in [5.74, 6) is -0.537. The smallest absolute Gasteiger partial charge is 0.322 e. The fourth-order valence-electron chi connectivity index (χ4n) is 1.83. The zero-order chi connectivity index (χ0) is 10.3. The maximum Gasteiger partial charge on any atom is 0.322 e. The van der Waals surface area contributed by atoms with Gasteiger partial charge >= 0.3 is 6.03 Å². The molecule has 0 radical (unpaired) electrons. The van der Waals surface area contributed by atoms with Crippen LogP contribution in [0.2, 0.25) is 0 Å². The van der Waals surface area contributed by atoms with Gasteiger partial charge in [-0.25, -0.2) is 4.79 Å². The van der Waals surface area contributed by atoms with Crippen molar-refractivity contribution in [3.8, 4) is 0 Å². The summed E-state index contributed by atoms with van der Waals surface area (Å²) < 4.78 is 0. The summed E-state index contributed by atoms with van der Waals surface area (Å²) in [4.78, 5) is 22.7. The van der Waals surface area contributed by atoms with Crippen molar-refractivity contribution in [1.29, 1.82) is 0 Å². The molecule has 0 saturated carbocycles. The summed E-state index contributed by atoms with van der Waals surface area (Å²) in [7, 11) is 0. The fraction of sp³-hybridized carbons (Fsp3) is 0.400. The topological polar surface area (TPSA) is 58.2 Å². The summed E-state index contributed by atoms with van der Waals surface area (Å²) in [6.07, 6.45) is 5.65. The third kappa shape index (κ3) is 1.23. The van der Waals surface area contributed by atoms with E-state index in [0.29, 0.717) is 0 Å². The molecule has 4 heteroatoms. The van der Waals surface area contributed by atoms with Crippen LogP contribution in [0.4, 0.5) is 4.79 Å². The van der Waals surface area contributed by atoms with Crippen molar-refractivity contribution in [1.82, 2.24) is 10.6 Å². The fourth-order valence-corrected chi connectivity index (χ4v) is 1.83. The number of hydrogen-bond acceptors (Lipinski definition) is 2. The van der Waals surface area contributed by atoms with Crippen LogP contribution in [0.1, 0.15) is 13.8 Å². The van der Waals surface area contributed by atoms with Gasteiger partial charge in [-0.05, 0) is 13.8 Å². The van der Waals surface area contributed by atoms with E-state index in [2.05, 4.69) is 10.6 Å². The first kappa shape index (κ1) is 8.99. The second kappa shape index (κ2) is 2.70. The minimum atomic E-state index is -0.571. The molecule has 1 aliphatic carbocycles. The molecule has 0 bridgehead atoms. The van der Waals surface area contributed by atoms with Crippen LogP contribution in [0, 0.1) is 5.92 Å². The lowest BCUT2D eigenvalue weighted by molar-refractivity contribution is -0.125. The molecule has 2 N–H and O–H groups in total. The number of hydrogen-bond donors (Lipinski definition) is 2. The van der Waals surface area contributed by atoms with E-state index in [1.165, 1.54) is 0 Å². The number of imide groups is 1. The standard InChI is InChI=1S/C10H12N2O2/c1-6-3-4-10(2)7(5-6)8(13)11-9(14)12-10/h3-5,7H,1-2H3,(H2,11,12,13,14). The largest absolute Gasteiger partial charge is 0.328 e. The maximum atomic E-state index is 11.5. The van der Waals surface area contributed by atoms with Gasteiger partial charge in [0.25, 0.3) is 0 Å². The van der Waals surface area contributed by atoms with E-state index in [-0.39, 0.29) is 11.8 Å². The van der Waals surface area contributed by atoms with E-state index < -0.39 is 11.6 Å². The van der Waals surface area contributed by atoms with Crippen LogP contribution in [-0.4, -0.2) is 17.5 Å². The predicted octanol–water partition coefficient (Wildman–Crippen LogP) is 0.717. The van der Waals surface area contributed by atoms with Crippen molar-refractivity contribution >= 4 is 11.9 Å². The highest BCUT2D eigenvalue weighted by molar-refractivity contribution is 6.00. The Labute approximate surface area is 82.1 Å². The van der Waals surface area contributed by atoms with Crippen LogP contribution in [0.25, 0.3) is 0 Å². The minimum absolute atomic E-state index is 0.236. The first-order chi connectivity index (χ1) is 6.51. The third-order valence-electron chi connectivity index (χ3n) is 2.67. The molecule has 1 fully saturated rings. The normalized spacial score (nSPS) is 35.6. The number of carbonyl (C=O) groups excluding carboxylic acids is 2. The molecular formula is C10H12N2O2. The number of allylic oxidation sites excluding steroid dienone is 2. The average Bonchev–Trinajstić information content (AvgIpc) is 2.07. The van der Waals surface area contributed by atoms with Gasteiger partial charge in [-0.1, -0.05) is 23.8 Å². The first-order valence-electron chi connectivity index (χ1n) is 4.52. The third-order valence-corrected chi connectivity index (χ3v) is 2.67. The van der Waals surface area contributed by atoms with Gasteiger partial charge in [-0.15, -0.1) is 0 Å². The minimum Gasteiger partial charge on any atom is -0.328 e. The van der Waals surface area contributed by atoms with Gasteiger partial charge in [-0.3, -0.25) is 10.1 Å². The van der Waals surface area contributed by atoms with Crippen LogP contribution in [0.5, 0.6) is 0 Å². The van der Waals surface area contributed by atoms with Crippen molar-refractivity contribution in [2.24, 2.45) is 5.92 Å². The van der Waals surface area contributed by atoms with Crippen LogP contribution in [0.15, 0.2) is 23.8 Å². The highest BCUT2D eigenvalue weighted by Gasteiger charge is 2.43. The molecule has 4 nitrogen and oxygen atoms in total. The second-order valence-electron chi connectivity index (χ2n) is 3.95. The summed E-state index contributed by atoms with van der Waals surface area (Å²) in [5, 5.41) is 5.00. The van der Waals surface area contributed by atoms with Crippen molar-refractivity contribution in [2.45, 2.75) is 19.4 Å². The van der Waals surface area contributed by atoms with E-state index in [0.717, 1.165) is 5.57 Å². The lowest BCUT2D eigenvalue weighted by Gasteiger charge is -2.39. The summed E-state index contributed by atoms with van der Waals surface area (Å²) in [5.41, 5.74) is 0.470. The van der Waals surface area contributed by atoms with E-state index in [9.17, 15) is 9.59 Å². The van der Waals surface area contributed by atoms with Crippen LogP contribution in [0.3, 0.4) is 0 Å². The van der Waals surface area contributed by atoms with Gasteiger partial charge in [0.1, 0.15) is 0 Å². The Morgan fingerprint density at radius 2 is 2.14 bits per heavy atom. The van der Waals surface area contributed by atoms with Crippen LogP contribution < -0.4 is 10.6 Å². The Morgan fingerprint density at radius 3 is 2.86 bits per heavy atom. The molecule has 0 aromatic carbocycles. The van der Waals surface area contributed by atoms with Gasteiger partial charge in [0.15, 0.2) is 0 Å². The van der Waals surface area contributed by atoms with Crippen LogP contribution in [-0.2, 0) is 4.79 Å². The van der Waals surface area contributed by atoms with E-state index in [1.54, 1.807) is 0 Å². The number of carbonyl (C=O) groups is 2. The molecule has 0 aromatic heterocycles. The van der Waals surface area contributed by atoms with Crippen LogP contribution >= 0.6 is 0 Å². The Hall–Kier alpha value is -1.58. The quantitative estimate of drug-likeness (QED) is 0.594. The molecule has 2 aliphatic rings. The Kier molecular flexibility index (Phi) is 1.74. The molecule has 0 aromatic rings. The zero-order valence-electron chi connectivity index (χ0n) is 8.13. The number of amides is 3. The highest BCUT2D eigenvalue weighted by Crippen LogP contribution is 2.28. The molecule has 14 heavy (non-hydrogen) atoms. The SMILES string of the molecule is CC1=CC2C(=O)NC(=O)NC2(C)C=C1. The molecule has 1 heterocycles. The van der Waals surface area contributed by atoms with E-state index >= 15 is 0 Å². The molecule has 0 spiro atoms. The van der Waals surface area contributed by atoms with Crippen molar-refractivity contribution < 1.29 is 9.59 Å². The summed E-state index contributed by atoms with van der Waals surface area (Å²) >= 11 is 0. The predicted molar refractivity (Wildman–Crippen MR) is 51.5 cm³/mol. The number of fused-ring (bicyclic) bond motifs is 1. The lowest BCUT2D eigenvalue weighted by atomic mass is 9.78. The van der Waals surface area contributed by atoms with Crippen molar-refractivity contribution in [3.05, 3.63) is 23.8 Å². The number of nitrogens with one attached hydrogen (secondary N) is 2. The number of urea groups is 1. The van der Waals surface area contributed by atoms with E-state index in [4.69, 9.17) is 0 Å². The monoisotopic (exact) mass is 192 g/mol. The molecule has 1 saturated heterocycles. The molecule has 1 aliphatic heterocycles. The summed E-state index contributed by atoms with van der Waals surface area (Å²) in [6, 6.07) is -0.425. The second-order valence-corrected chi connectivity index (χ2v) is 3.95. The van der Waals surface area contributed by atoms with Crippen molar-refractivity contribution in [2.75, 3.05) is 0 Å².